The fourth-order valence-corrected chi connectivity index (χ4v) is 5.04. The summed E-state index contributed by atoms with van der Waals surface area (Å²) in [4.78, 5) is 29.5. The minimum Gasteiger partial charge on any atom is -0.442 e. The molecule has 0 bridgehead atoms. The van der Waals surface area contributed by atoms with E-state index in [-0.39, 0.29) is 30.8 Å². The Kier molecular flexibility index (Phi) is 5.25. The van der Waals surface area contributed by atoms with Crippen molar-refractivity contribution in [1.82, 2.24) is 15.6 Å². The average molecular weight is 449 g/mol. The minimum absolute atomic E-state index is 0.123. The first kappa shape index (κ1) is 21.3. The number of hydrogen-bond acceptors (Lipinski definition) is 6. The summed E-state index contributed by atoms with van der Waals surface area (Å²) in [5, 5.41) is 15.7. The van der Waals surface area contributed by atoms with E-state index in [1.165, 1.54) is 11.0 Å². The Morgan fingerprint density at radius 1 is 1.36 bits per heavy atom. The molecule has 8 nitrogen and oxygen atoms in total. The van der Waals surface area contributed by atoms with Crippen molar-refractivity contribution in [3.8, 4) is 17.2 Å². The number of nitriles is 1. The molecular weight excluding hydrogens is 425 g/mol. The molecule has 1 aliphatic carbocycles. The first-order chi connectivity index (χ1) is 16.0. The van der Waals surface area contributed by atoms with Gasteiger partial charge in [0.1, 0.15) is 17.3 Å². The molecule has 170 valence electrons. The number of piperidine rings is 1. The second-order valence-electron chi connectivity index (χ2n) is 8.72. The highest BCUT2D eigenvalue weighted by Crippen LogP contribution is 2.60. The van der Waals surface area contributed by atoms with Gasteiger partial charge in [-0.3, -0.25) is 14.7 Å². The molecule has 2 unspecified atom stereocenters. The summed E-state index contributed by atoms with van der Waals surface area (Å²) in [7, 11) is 0. The highest BCUT2D eigenvalue weighted by atomic mass is 19.1. The maximum absolute atomic E-state index is 15.0. The van der Waals surface area contributed by atoms with E-state index in [9.17, 15) is 19.2 Å². The maximum atomic E-state index is 15.0. The maximum Gasteiger partial charge on any atom is 0.414 e. The van der Waals surface area contributed by atoms with Gasteiger partial charge in [-0.1, -0.05) is 13.0 Å². The first-order valence-electron chi connectivity index (χ1n) is 11.1. The standard InChI is InChI=1S/C24H24FN5O3/c1-2-22(31)29-9-16-12-30(23(32)33-16)15-4-5-17(20(25)7-15)14-3-6-21(28-8-14)24(13-26)18-10-27-11-19(18)24/h3-8,16,18-19,27H,2,9-12H2,1H3,(H,29,31)/t16-,18?,19?,24?/m0/s1. The molecule has 1 saturated carbocycles. The van der Waals surface area contributed by atoms with Gasteiger partial charge >= 0.3 is 6.09 Å². The quantitative estimate of drug-likeness (QED) is 0.701. The SMILES string of the molecule is CCC(=O)NC[C@H]1CN(c2ccc(-c3ccc(C4(C#N)C5CNCC54)nc3)c(F)c2)C(=O)O1. The molecule has 0 radical (unpaired) electrons. The number of aromatic nitrogens is 1. The normalized spacial score (nSPS) is 27.6. The number of nitrogens with one attached hydrogen (secondary N) is 2. The van der Waals surface area contributed by atoms with Gasteiger partial charge in [0.25, 0.3) is 0 Å². The van der Waals surface area contributed by atoms with Gasteiger partial charge in [0.15, 0.2) is 0 Å². The second-order valence-corrected chi connectivity index (χ2v) is 8.72. The van der Waals surface area contributed by atoms with Crippen LogP contribution >= 0.6 is 0 Å². The van der Waals surface area contributed by atoms with Crippen LogP contribution in [0.2, 0.25) is 0 Å². The van der Waals surface area contributed by atoms with Gasteiger partial charge in [-0.25, -0.2) is 9.18 Å². The Balaban J connectivity index is 1.30. The molecule has 0 spiro atoms. The van der Waals surface area contributed by atoms with Crippen LogP contribution in [0.1, 0.15) is 19.0 Å². The van der Waals surface area contributed by atoms with Crippen molar-refractivity contribution in [1.29, 1.82) is 5.26 Å². The number of ether oxygens (including phenoxy) is 1. The number of benzene rings is 1. The van der Waals surface area contributed by atoms with Crippen molar-refractivity contribution < 1.29 is 18.7 Å². The number of cyclic esters (lactones) is 1. The van der Waals surface area contributed by atoms with Crippen molar-refractivity contribution in [3.63, 3.8) is 0 Å². The van der Waals surface area contributed by atoms with Gasteiger partial charge in [0.2, 0.25) is 5.91 Å². The zero-order valence-electron chi connectivity index (χ0n) is 18.2. The van der Waals surface area contributed by atoms with Crippen LogP contribution in [0, 0.1) is 29.0 Å². The average Bonchev–Trinajstić information content (AvgIpc) is 3.13. The molecule has 2 amide bonds. The van der Waals surface area contributed by atoms with Crippen LogP contribution in [0.3, 0.4) is 0 Å². The molecule has 2 N–H and O–H groups in total. The number of nitrogens with zero attached hydrogens (tertiary/aromatic N) is 3. The van der Waals surface area contributed by atoms with E-state index in [1.54, 1.807) is 31.3 Å². The number of hydrogen-bond donors (Lipinski definition) is 2. The van der Waals surface area contributed by atoms with Crippen LogP contribution in [-0.2, 0) is 14.9 Å². The lowest BCUT2D eigenvalue weighted by atomic mass is 9.96. The molecule has 9 heteroatoms. The highest BCUT2D eigenvalue weighted by Gasteiger charge is 2.69. The number of carbonyl (C=O) groups is 2. The zero-order chi connectivity index (χ0) is 23.2. The number of amides is 2. The van der Waals surface area contributed by atoms with Crippen molar-refractivity contribution in [2.24, 2.45) is 11.8 Å². The fraction of sp³-hybridized carbons (Fsp3) is 0.417. The van der Waals surface area contributed by atoms with Crippen LogP contribution in [0.5, 0.6) is 0 Å². The third kappa shape index (κ3) is 3.51. The van der Waals surface area contributed by atoms with Gasteiger partial charge < -0.3 is 15.4 Å². The lowest BCUT2D eigenvalue weighted by Gasteiger charge is -2.15. The molecule has 3 heterocycles. The predicted molar refractivity (Wildman–Crippen MR) is 118 cm³/mol. The largest absolute Gasteiger partial charge is 0.442 e. The molecule has 33 heavy (non-hydrogen) atoms. The Hall–Kier alpha value is -3.51. The number of carbonyl (C=O) groups excluding carboxylic acids is 2. The molecule has 1 aromatic heterocycles. The van der Waals surface area contributed by atoms with E-state index in [2.05, 4.69) is 21.7 Å². The molecule has 3 aliphatic rings. The van der Waals surface area contributed by atoms with Crippen LogP contribution < -0.4 is 15.5 Å². The predicted octanol–water partition coefficient (Wildman–Crippen LogP) is 2.35. The third-order valence-corrected chi connectivity index (χ3v) is 6.94. The number of anilines is 1. The van der Waals surface area contributed by atoms with E-state index in [4.69, 9.17) is 4.74 Å². The molecule has 5 rings (SSSR count). The Bertz CT molecular complexity index is 1140. The van der Waals surface area contributed by atoms with Gasteiger partial charge in [-0.15, -0.1) is 0 Å². The number of fused-ring (bicyclic) bond motifs is 1. The van der Waals surface area contributed by atoms with E-state index in [0.29, 0.717) is 23.2 Å². The van der Waals surface area contributed by atoms with Crippen LogP contribution in [0.15, 0.2) is 36.5 Å². The third-order valence-electron chi connectivity index (χ3n) is 6.94. The molecule has 2 aliphatic heterocycles. The molecular formula is C24H24FN5O3. The van der Waals surface area contributed by atoms with Crippen LogP contribution in [0.4, 0.5) is 14.9 Å². The van der Waals surface area contributed by atoms with Gasteiger partial charge in [0.05, 0.1) is 30.5 Å². The van der Waals surface area contributed by atoms with E-state index in [0.717, 1.165) is 18.8 Å². The number of halogens is 1. The van der Waals surface area contributed by atoms with Gasteiger partial charge in [0, 0.05) is 48.7 Å². The van der Waals surface area contributed by atoms with Crippen molar-refractivity contribution >= 4 is 17.7 Å². The summed E-state index contributed by atoms with van der Waals surface area (Å²) in [6, 6.07) is 10.6. The molecule has 1 aromatic carbocycles. The summed E-state index contributed by atoms with van der Waals surface area (Å²) in [5.74, 6) is -0.0331. The summed E-state index contributed by atoms with van der Waals surface area (Å²) in [6.07, 6.45) is 0.889. The number of pyridine rings is 1. The minimum atomic E-state index is -0.574. The van der Waals surface area contributed by atoms with E-state index < -0.39 is 23.4 Å². The highest BCUT2D eigenvalue weighted by molar-refractivity contribution is 5.90. The fourth-order valence-electron chi connectivity index (χ4n) is 5.04. The smallest absolute Gasteiger partial charge is 0.414 e. The van der Waals surface area contributed by atoms with Gasteiger partial charge in [-0.2, -0.15) is 5.26 Å². The summed E-state index contributed by atoms with van der Waals surface area (Å²) in [6.45, 7) is 3.83. The summed E-state index contributed by atoms with van der Waals surface area (Å²) >= 11 is 0. The molecule has 3 atom stereocenters. The lowest BCUT2D eigenvalue weighted by molar-refractivity contribution is -0.121. The topological polar surface area (TPSA) is 107 Å². The van der Waals surface area contributed by atoms with E-state index in [1.807, 2.05) is 6.07 Å². The Morgan fingerprint density at radius 2 is 2.15 bits per heavy atom. The van der Waals surface area contributed by atoms with Crippen molar-refractivity contribution in [2.45, 2.75) is 24.9 Å². The Morgan fingerprint density at radius 3 is 2.79 bits per heavy atom. The van der Waals surface area contributed by atoms with Crippen LogP contribution in [-0.4, -0.2) is 49.3 Å². The lowest BCUT2D eigenvalue weighted by Crippen LogP contribution is -2.34. The summed E-state index contributed by atoms with van der Waals surface area (Å²) < 4.78 is 20.3. The van der Waals surface area contributed by atoms with Gasteiger partial charge in [-0.05, 0) is 24.3 Å². The Labute approximate surface area is 190 Å². The number of rotatable bonds is 6. The van der Waals surface area contributed by atoms with Crippen molar-refractivity contribution in [3.05, 3.63) is 48.0 Å². The first-order valence-corrected chi connectivity index (χ1v) is 11.1. The zero-order valence-corrected chi connectivity index (χ0v) is 18.2. The molecule has 2 aromatic rings. The van der Waals surface area contributed by atoms with Crippen LogP contribution in [0.25, 0.3) is 11.1 Å². The van der Waals surface area contributed by atoms with E-state index >= 15 is 0 Å². The monoisotopic (exact) mass is 449 g/mol. The molecule has 2 saturated heterocycles. The van der Waals surface area contributed by atoms with Crippen molar-refractivity contribution in [2.75, 3.05) is 31.1 Å². The second kappa shape index (κ2) is 8.12. The summed E-state index contributed by atoms with van der Waals surface area (Å²) in [5.41, 5.74) is 1.56. The molecule has 3 fully saturated rings.